The molecule has 3 nitrogen and oxygen atoms in total. The summed E-state index contributed by atoms with van der Waals surface area (Å²) in [4.78, 5) is -0.338. The van der Waals surface area contributed by atoms with Crippen LogP contribution in [0.4, 0.5) is 26.3 Å². The highest BCUT2D eigenvalue weighted by Gasteiger charge is 2.71. The standard InChI is InChI=1S/C9H7F6NO2S/c10-8(11,12)7(17,9(13,14)15)16-19(18)6-4-2-1-3-5-6/h1-5,16-17H. The lowest BCUT2D eigenvalue weighted by Gasteiger charge is -2.32. The van der Waals surface area contributed by atoms with E-state index in [0.717, 1.165) is 12.1 Å². The SMILES string of the molecule is O=S(NC(O)(C(F)(F)F)C(F)(F)F)c1ccccc1. The van der Waals surface area contributed by atoms with E-state index >= 15 is 0 Å². The monoisotopic (exact) mass is 307 g/mol. The van der Waals surface area contributed by atoms with Gasteiger partial charge in [0.15, 0.2) is 0 Å². The van der Waals surface area contributed by atoms with Crippen LogP contribution in [0.3, 0.4) is 0 Å². The Morgan fingerprint density at radius 1 is 0.947 bits per heavy atom. The Balaban J connectivity index is 3.08. The van der Waals surface area contributed by atoms with E-state index in [9.17, 15) is 30.6 Å². The Hall–Kier alpha value is -1.13. The van der Waals surface area contributed by atoms with Gasteiger partial charge in [-0.3, -0.25) is 0 Å². The second-order valence-electron chi connectivity index (χ2n) is 3.39. The molecule has 0 fully saturated rings. The van der Waals surface area contributed by atoms with Crippen molar-refractivity contribution < 1.29 is 35.7 Å². The zero-order valence-corrected chi connectivity index (χ0v) is 9.73. The van der Waals surface area contributed by atoms with Gasteiger partial charge in [-0.2, -0.15) is 31.1 Å². The minimum absolute atomic E-state index is 0.338. The quantitative estimate of drug-likeness (QED) is 0.664. The van der Waals surface area contributed by atoms with E-state index in [4.69, 9.17) is 5.11 Å². The number of alkyl halides is 6. The summed E-state index contributed by atoms with van der Waals surface area (Å²) in [5, 5.41) is 8.76. The van der Waals surface area contributed by atoms with Crippen molar-refractivity contribution in [2.45, 2.75) is 23.0 Å². The van der Waals surface area contributed by atoms with Crippen LogP contribution in [-0.2, 0) is 11.0 Å². The third kappa shape index (κ3) is 3.25. The van der Waals surface area contributed by atoms with Crippen LogP contribution in [0.5, 0.6) is 0 Å². The molecule has 0 saturated heterocycles. The van der Waals surface area contributed by atoms with E-state index < -0.39 is 29.1 Å². The summed E-state index contributed by atoms with van der Waals surface area (Å²) in [6.07, 6.45) is -12.1. The number of nitrogens with one attached hydrogen (secondary N) is 1. The third-order valence-electron chi connectivity index (χ3n) is 2.02. The van der Waals surface area contributed by atoms with Gasteiger partial charge in [-0.05, 0) is 12.1 Å². The Labute approximate surface area is 105 Å². The van der Waals surface area contributed by atoms with Gasteiger partial charge in [-0.25, -0.2) is 4.21 Å². The first-order valence-corrected chi connectivity index (χ1v) is 5.74. The summed E-state index contributed by atoms with van der Waals surface area (Å²) in [5.74, 6) is 0. The lowest BCUT2D eigenvalue weighted by molar-refractivity contribution is -0.372. The van der Waals surface area contributed by atoms with Crippen LogP contribution in [-0.4, -0.2) is 27.4 Å². The van der Waals surface area contributed by atoms with Gasteiger partial charge < -0.3 is 5.11 Å². The van der Waals surface area contributed by atoms with E-state index in [-0.39, 0.29) is 4.90 Å². The Morgan fingerprint density at radius 2 is 1.37 bits per heavy atom. The number of hydrogen-bond donors (Lipinski definition) is 2. The van der Waals surface area contributed by atoms with Crippen molar-refractivity contribution >= 4 is 11.0 Å². The Morgan fingerprint density at radius 3 is 1.74 bits per heavy atom. The summed E-state index contributed by atoms with van der Waals surface area (Å²) in [6.45, 7) is 0. The van der Waals surface area contributed by atoms with Crippen molar-refractivity contribution in [3.63, 3.8) is 0 Å². The molecule has 0 heterocycles. The van der Waals surface area contributed by atoms with Crippen LogP contribution in [0, 0.1) is 0 Å². The minimum atomic E-state index is -6.07. The lowest BCUT2D eigenvalue weighted by Crippen LogP contribution is -2.66. The smallest absolute Gasteiger partial charge is 0.360 e. The number of rotatable bonds is 3. The molecular weight excluding hydrogens is 300 g/mol. The molecule has 0 amide bonds. The highest BCUT2D eigenvalue weighted by Crippen LogP contribution is 2.41. The fraction of sp³-hybridized carbons (Fsp3) is 0.333. The van der Waals surface area contributed by atoms with E-state index in [0.29, 0.717) is 4.72 Å². The molecule has 0 spiro atoms. The van der Waals surface area contributed by atoms with Crippen molar-refractivity contribution in [1.82, 2.24) is 4.72 Å². The fourth-order valence-corrected chi connectivity index (χ4v) is 2.04. The highest BCUT2D eigenvalue weighted by molar-refractivity contribution is 7.83. The van der Waals surface area contributed by atoms with Crippen LogP contribution in [0.15, 0.2) is 35.2 Å². The van der Waals surface area contributed by atoms with Crippen molar-refractivity contribution in [3.05, 3.63) is 30.3 Å². The average Bonchev–Trinajstić information content (AvgIpc) is 2.27. The van der Waals surface area contributed by atoms with Crippen molar-refractivity contribution in [2.24, 2.45) is 0 Å². The van der Waals surface area contributed by atoms with E-state index in [1.165, 1.54) is 18.2 Å². The second-order valence-corrected chi connectivity index (χ2v) is 4.60. The average molecular weight is 307 g/mol. The largest absolute Gasteiger partial charge is 0.441 e. The zero-order chi connectivity index (χ0) is 14.9. The third-order valence-corrected chi connectivity index (χ3v) is 3.20. The molecule has 1 unspecified atom stereocenters. The van der Waals surface area contributed by atoms with Gasteiger partial charge in [-0.15, -0.1) is 0 Å². The Kier molecular flexibility index (Phi) is 4.27. The van der Waals surface area contributed by atoms with Gasteiger partial charge in [-0.1, -0.05) is 18.2 Å². The maximum absolute atomic E-state index is 12.3. The van der Waals surface area contributed by atoms with E-state index in [1.54, 1.807) is 0 Å². The molecule has 0 aromatic heterocycles. The molecule has 0 aliphatic carbocycles. The number of aliphatic hydroxyl groups is 1. The molecule has 108 valence electrons. The van der Waals surface area contributed by atoms with Crippen LogP contribution in [0.25, 0.3) is 0 Å². The molecule has 1 aromatic rings. The molecule has 0 aliphatic heterocycles. The predicted octanol–water partition coefficient (Wildman–Crippen LogP) is 2.11. The summed E-state index contributed by atoms with van der Waals surface area (Å²) in [7, 11) is -2.89. The van der Waals surface area contributed by atoms with Crippen molar-refractivity contribution in [2.75, 3.05) is 0 Å². The molecule has 0 radical (unpaired) electrons. The molecule has 1 rings (SSSR count). The van der Waals surface area contributed by atoms with Crippen LogP contribution < -0.4 is 4.72 Å². The molecule has 2 N–H and O–H groups in total. The normalized spacial score (nSPS) is 15.3. The van der Waals surface area contributed by atoms with Crippen LogP contribution in [0.2, 0.25) is 0 Å². The molecule has 0 aliphatic rings. The van der Waals surface area contributed by atoms with Crippen molar-refractivity contribution in [1.29, 1.82) is 0 Å². The summed E-state index contributed by atoms with van der Waals surface area (Å²) in [5.41, 5.74) is -5.25. The highest BCUT2D eigenvalue weighted by atomic mass is 32.2. The van der Waals surface area contributed by atoms with Crippen molar-refractivity contribution in [3.8, 4) is 0 Å². The maximum Gasteiger partial charge on any atom is 0.441 e. The predicted molar refractivity (Wildman–Crippen MR) is 53.0 cm³/mol. The van der Waals surface area contributed by atoms with Gasteiger partial charge in [0.25, 0.3) is 0 Å². The minimum Gasteiger partial charge on any atom is -0.360 e. The molecule has 0 saturated carbocycles. The lowest BCUT2D eigenvalue weighted by atomic mass is 10.2. The van der Waals surface area contributed by atoms with Gasteiger partial charge in [0.05, 0.1) is 4.90 Å². The molecule has 10 heteroatoms. The second kappa shape index (κ2) is 5.10. The molecule has 19 heavy (non-hydrogen) atoms. The topological polar surface area (TPSA) is 49.3 Å². The van der Waals surface area contributed by atoms with Gasteiger partial charge in [0, 0.05) is 0 Å². The first-order chi connectivity index (χ1) is 8.49. The number of halogens is 6. The molecule has 1 atom stereocenters. The first kappa shape index (κ1) is 15.9. The van der Waals surface area contributed by atoms with Crippen LogP contribution in [0.1, 0.15) is 0 Å². The zero-order valence-electron chi connectivity index (χ0n) is 8.92. The fourth-order valence-electron chi connectivity index (χ4n) is 1.01. The first-order valence-electron chi connectivity index (χ1n) is 4.59. The Bertz CT molecular complexity index is 444. The van der Waals surface area contributed by atoms with E-state index in [1.807, 2.05) is 0 Å². The molecule has 0 bridgehead atoms. The summed E-state index contributed by atoms with van der Waals surface area (Å²) < 4.78 is 85.9. The van der Waals surface area contributed by atoms with Gasteiger partial charge in [0.2, 0.25) is 0 Å². The van der Waals surface area contributed by atoms with Crippen LogP contribution >= 0.6 is 0 Å². The van der Waals surface area contributed by atoms with E-state index in [2.05, 4.69) is 0 Å². The number of hydrogen-bond acceptors (Lipinski definition) is 2. The van der Waals surface area contributed by atoms with Gasteiger partial charge >= 0.3 is 18.1 Å². The summed E-state index contributed by atoms with van der Waals surface area (Å²) in [6, 6.07) is 6.08. The summed E-state index contributed by atoms with van der Waals surface area (Å²) >= 11 is 0. The number of benzene rings is 1. The molecule has 1 aromatic carbocycles. The van der Waals surface area contributed by atoms with Gasteiger partial charge in [0.1, 0.15) is 11.0 Å². The maximum atomic E-state index is 12.3. The molecular formula is C9H7F6NO2S.